The lowest BCUT2D eigenvalue weighted by molar-refractivity contribution is 0.167. The van der Waals surface area contributed by atoms with Gasteiger partial charge in [0.25, 0.3) is 0 Å². The van der Waals surface area contributed by atoms with Crippen LogP contribution in [0, 0.1) is 0 Å². The van der Waals surface area contributed by atoms with Gasteiger partial charge in [-0.2, -0.15) is 0 Å². The number of ether oxygens (including phenoxy) is 1. The Morgan fingerprint density at radius 1 is 1.26 bits per heavy atom. The molecule has 0 saturated carbocycles. The molecule has 23 heavy (non-hydrogen) atoms. The molecule has 3 aromatic rings. The molecule has 0 saturated heterocycles. The zero-order valence-electron chi connectivity index (χ0n) is 12.5. The number of halogens is 1. The molecule has 1 atom stereocenters. The number of benzene rings is 2. The Kier molecular flexibility index (Phi) is 4.48. The largest absolute Gasteiger partial charge is 0.450 e. The number of imidazole rings is 1. The van der Waals surface area contributed by atoms with Gasteiger partial charge in [-0.1, -0.05) is 36.4 Å². The average molecular weight is 330 g/mol. The zero-order chi connectivity index (χ0) is 16.2. The molecule has 0 fully saturated rings. The van der Waals surface area contributed by atoms with Gasteiger partial charge in [0.1, 0.15) is 0 Å². The SMILES string of the molecule is CCOC(=O)Nc1nc2ccc(C(Cl)c3ccccc3)cc2[nH]1. The van der Waals surface area contributed by atoms with E-state index < -0.39 is 6.09 Å². The summed E-state index contributed by atoms with van der Waals surface area (Å²) in [5, 5.41) is 2.31. The van der Waals surface area contributed by atoms with Crippen molar-refractivity contribution in [3.63, 3.8) is 0 Å². The number of hydrogen-bond acceptors (Lipinski definition) is 3. The van der Waals surface area contributed by atoms with E-state index in [9.17, 15) is 4.79 Å². The molecule has 1 aromatic heterocycles. The Bertz CT molecular complexity index is 817. The topological polar surface area (TPSA) is 67.0 Å². The molecule has 1 amide bonds. The molecule has 0 aliphatic carbocycles. The number of nitrogens with one attached hydrogen (secondary N) is 2. The maximum atomic E-state index is 11.4. The van der Waals surface area contributed by atoms with Crippen molar-refractivity contribution in [2.24, 2.45) is 0 Å². The van der Waals surface area contributed by atoms with E-state index in [1.165, 1.54) is 0 Å². The Morgan fingerprint density at radius 2 is 2.04 bits per heavy atom. The highest BCUT2D eigenvalue weighted by Crippen LogP contribution is 2.30. The second-order valence-electron chi connectivity index (χ2n) is 4.98. The van der Waals surface area contributed by atoms with Crippen molar-refractivity contribution in [2.75, 3.05) is 11.9 Å². The highest BCUT2D eigenvalue weighted by molar-refractivity contribution is 6.22. The van der Waals surface area contributed by atoms with Crippen molar-refractivity contribution in [2.45, 2.75) is 12.3 Å². The lowest BCUT2D eigenvalue weighted by atomic mass is 10.0. The maximum absolute atomic E-state index is 11.4. The van der Waals surface area contributed by atoms with Crippen LogP contribution in [0.1, 0.15) is 23.4 Å². The van der Waals surface area contributed by atoms with E-state index in [1.807, 2.05) is 48.5 Å². The van der Waals surface area contributed by atoms with Crippen LogP contribution in [-0.4, -0.2) is 22.7 Å². The minimum atomic E-state index is -0.536. The van der Waals surface area contributed by atoms with Crippen LogP contribution in [-0.2, 0) is 4.74 Å². The summed E-state index contributed by atoms with van der Waals surface area (Å²) in [4.78, 5) is 18.8. The third kappa shape index (κ3) is 3.46. The van der Waals surface area contributed by atoms with Crippen LogP contribution in [0.2, 0.25) is 0 Å². The third-order valence-corrected chi connectivity index (χ3v) is 3.89. The van der Waals surface area contributed by atoms with Crippen molar-refractivity contribution in [3.05, 3.63) is 59.7 Å². The summed E-state index contributed by atoms with van der Waals surface area (Å²) in [5.41, 5.74) is 3.53. The highest BCUT2D eigenvalue weighted by atomic mass is 35.5. The summed E-state index contributed by atoms with van der Waals surface area (Å²) in [6.45, 7) is 2.05. The van der Waals surface area contributed by atoms with E-state index in [-0.39, 0.29) is 5.38 Å². The molecule has 2 N–H and O–H groups in total. The lowest BCUT2D eigenvalue weighted by Gasteiger charge is -2.09. The van der Waals surface area contributed by atoms with Gasteiger partial charge < -0.3 is 9.72 Å². The van der Waals surface area contributed by atoms with Crippen LogP contribution in [0.25, 0.3) is 11.0 Å². The van der Waals surface area contributed by atoms with E-state index in [0.29, 0.717) is 12.6 Å². The predicted molar refractivity (Wildman–Crippen MR) is 90.9 cm³/mol. The first-order valence-electron chi connectivity index (χ1n) is 7.30. The van der Waals surface area contributed by atoms with Crippen molar-refractivity contribution in [1.29, 1.82) is 0 Å². The van der Waals surface area contributed by atoms with Crippen LogP contribution >= 0.6 is 11.6 Å². The van der Waals surface area contributed by atoms with Crippen molar-refractivity contribution in [1.82, 2.24) is 9.97 Å². The summed E-state index contributed by atoms with van der Waals surface area (Å²) in [7, 11) is 0. The molecule has 6 heteroatoms. The minimum Gasteiger partial charge on any atom is -0.450 e. The molecule has 0 bridgehead atoms. The number of anilines is 1. The molecule has 0 radical (unpaired) electrons. The fourth-order valence-corrected chi connectivity index (χ4v) is 2.60. The smallest absolute Gasteiger partial charge is 0.413 e. The van der Waals surface area contributed by atoms with Crippen LogP contribution in [0.4, 0.5) is 10.7 Å². The lowest BCUT2D eigenvalue weighted by Crippen LogP contribution is -2.14. The molecule has 5 nitrogen and oxygen atoms in total. The summed E-state index contributed by atoms with van der Waals surface area (Å²) >= 11 is 6.54. The normalized spacial score (nSPS) is 12.1. The van der Waals surface area contributed by atoms with E-state index in [0.717, 1.165) is 22.2 Å². The quantitative estimate of drug-likeness (QED) is 0.694. The maximum Gasteiger partial charge on any atom is 0.413 e. The Hall–Kier alpha value is -2.53. The number of fused-ring (bicyclic) bond motifs is 1. The van der Waals surface area contributed by atoms with Crippen LogP contribution in [0.15, 0.2) is 48.5 Å². The third-order valence-electron chi connectivity index (χ3n) is 3.39. The first-order chi connectivity index (χ1) is 11.2. The fraction of sp³-hybridized carbons (Fsp3) is 0.176. The molecular weight excluding hydrogens is 314 g/mol. The van der Waals surface area contributed by atoms with Gasteiger partial charge in [-0.05, 0) is 30.2 Å². The van der Waals surface area contributed by atoms with Gasteiger partial charge in [0.15, 0.2) is 0 Å². The number of carbonyl (C=O) groups is 1. The number of alkyl halides is 1. The number of aromatic nitrogens is 2. The summed E-state index contributed by atoms with van der Waals surface area (Å²) < 4.78 is 4.83. The van der Waals surface area contributed by atoms with Crippen LogP contribution < -0.4 is 5.32 Å². The molecule has 118 valence electrons. The standard InChI is InChI=1S/C17H16ClN3O2/c1-2-23-17(22)21-16-19-13-9-8-12(10-14(13)20-16)15(18)11-6-4-3-5-7-11/h3-10,15H,2H2,1H3,(H2,19,20,21,22). The molecule has 1 unspecified atom stereocenters. The molecule has 2 aromatic carbocycles. The number of H-pyrrole nitrogens is 1. The molecule has 0 spiro atoms. The summed E-state index contributed by atoms with van der Waals surface area (Å²) in [6.07, 6.45) is -0.536. The van der Waals surface area contributed by atoms with Crippen molar-refractivity contribution in [3.8, 4) is 0 Å². The van der Waals surface area contributed by atoms with E-state index >= 15 is 0 Å². The van der Waals surface area contributed by atoms with Gasteiger partial charge >= 0.3 is 6.09 Å². The Balaban J connectivity index is 1.86. The van der Waals surface area contributed by atoms with Crippen LogP contribution in [0.5, 0.6) is 0 Å². The van der Waals surface area contributed by atoms with Gasteiger partial charge in [-0.15, -0.1) is 11.6 Å². The van der Waals surface area contributed by atoms with Crippen molar-refractivity contribution >= 4 is 34.7 Å². The Morgan fingerprint density at radius 3 is 2.78 bits per heavy atom. The second-order valence-corrected chi connectivity index (χ2v) is 5.42. The molecule has 1 heterocycles. The number of carbonyl (C=O) groups excluding carboxylic acids is 1. The van der Waals surface area contributed by atoms with E-state index in [2.05, 4.69) is 15.3 Å². The fourth-order valence-electron chi connectivity index (χ4n) is 2.32. The monoisotopic (exact) mass is 329 g/mol. The van der Waals surface area contributed by atoms with Gasteiger partial charge in [0.05, 0.1) is 23.0 Å². The number of amides is 1. The molecule has 0 aliphatic rings. The van der Waals surface area contributed by atoms with Gasteiger partial charge in [0, 0.05) is 0 Å². The highest BCUT2D eigenvalue weighted by Gasteiger charge is 2.13. The average Bonchev–Trinajstić information content (AvgIpc) is 2.96. The molecule has 0 aliphatic heterocycles. The number of rotatable bonds is 4. The minimum absolute atomic E-state index is 0.245. The number of hydrogen-bond donors (Lipinski definition) is 2. The number of nitrogens with zero attached hydrogens (tertiary/aromatic N) is 1. The van der Waals surface area contributed by atoms with E-state index in [1.54, 1.807) is 6.92 Å². The van der Waals surface area contributed by atoms with E-state index in [4.69, 9.17) is 16.3 Å². The van der Waals surface area contributed by atoms with Gasteiger partial charge in [0.2, 0.25) is 5.95 Å². The predicted octanol–water partition coefficient (Wildman–Crippen LogP) is 4.46. The van der Waals surface area contributed by atoms with Gasteiger partial charge in [-0.3, -0.25) is 5.32 Å². The summed E-state index contributed by atoms with van der Waals surface area (Å²) in [6, 6.07) is 15.6. The second kappa shape index (κ2) is 6.71. The number of aromatic amines is 1. The first-order valence-corrected chi connectivity index (χ1v) is 7.73. The first kappa shape index (κ1) is 15.4. The summed E-state index contributed by atoms with van der Waals surface area (Å²) in [5.74, 6) is 0.349. The Labute approximate surface area is 138 Å². The zero-order valence-corrected chi connectivity index (χ0v) is 13.3. The van der Waals surface area contributed by atoms with Gasteiger partial charge in [-0.25, -0.2) is 9.78 Å². The van der Waals surface area contributed by atoms with Crippen LogP contribution in [0.3, 0.4) is 0 Å². The molecular formula is C17H16ClN3O2. The molecule has 3 rings (SSSR count). The van der Waals surface area contributed by atoms with Crippen molar-refractivity contribution < 1.29 is 9.53 Å².